The monoisotopic (exact) mass is 391 g/mol. The fourth-order valence-electron chi connectivity index (χ4n) is 3.45. The van der Waals surface area contributed by atoms with Gasteiger partial charge in [0, 0.05) is 23.3 Å². The molecule has 27 heavy (non-hydrogen) atoms. The number of aryl methyl sites for hydroxylation is 1. The summed E-state index contributed by atoms with van der Waals surface area (Å²) in [5.74, 6) is -0.226. The van der Waals surface area contributed by atoms with Gasteiger partial charge in [-0.1, -0.05) is 6.07 Å². The fraction of sp³-hybridized carbons (Fsp3) is 0.263. The number of halogens is 3. The lowest BCUT2D eigenvalue weighted by Gasteiger charge is -2.30. The van der Waals surface area contributed by atoms with E-state index >= 15 is 0 Å². The second kappa shape index (κ2) is 6.23. The number of carbonyl (C=O) groups excluding carboxylic acids is 1. The van der Waals surface area contributed by atoms with Crippen LogP contribution in [0.3, 0.4) is 0 Å². The number of nitrogens with zero attached hydrogens (tertiary/aromatic N) is 2. The number of fused-ring (bicyclic) bond motifs is 2. The molecule has 2 N–H and O–H groups in total. The second-order valence-electron chi connectivity index (χ2n) is 6.51. The van der Waals surface area contributed by atoms with Crippen molar-refractivity contribution in [1.29, 1.82) is 0 Å². The Bertz CT molecular complexity index is 1060. The Morgan fingerprint density at radius 2 is 2.04 bits per heavy atom. The molecule has 4 rings (SSSR count). The van der Waals surface area contributed by atoms with Gasteiger partial charge in [-0.2, -0.15) is 13.2 Å². The molecule has 1 aliphatic heterocycles. The summed E-state index contributed by atoms with van der Waals surface area (Å²) in [5, 5.41) is 0.571. The van der Waals surface area contributed by atoms with Crippen molar-refractivity contribution in [2.24, 2.45) is 0 Å². The molecule has 1 aliphatic rings. The van der Waals surface area contributed by atoms with Crippen LogP contribution >= 0.6 is 11.3 Å². The van der Waals surface area contributed by atoms with Crippen LogP contribution in [0.15, 0.2) is 30.3 Å². The number of benzene rings is 1. The Labute approximate surface area is 157 Å². The summed E-state index contributed by atoms with van der Waals surface area (Å²) >= 11 is 1.00. The van der Waals surface area contributed by atoms with Gasteiger partial charge >= 0.3 is 6.18 Å². The fourth-order valence-corrected chi connectivity index (χ4v) is 4.58. The normalized spacial score (nSPS) is 14.4. The summed E-state index contributed by atoms with van der Waals surface area (Å²) in [7, 11) is 0. The van der Waals surface area contributed by atoms with Crippen molar-refractivity contribution >= 4 is 38.8 Å². The molecule has 0 atom stereocenters. The number of amides is 1. The van der Waals surface area contributed by atoms with E-state index in [2.05, 4.69) is 4.98 Å². The van der Waals surface area contributed by atoms with Gasteiger partial charge in [0.15, 0.2) is 0 Å². The van der Waals surface area contributed by atoms with Gasteiger partial charge < -0.3 is 10.6 Å². The number of hydrogen-bond acceptors (Lipinski definition) is 4. The Morgan fingerprint density at radius 1 is 1.26 bits per heavy atom. The highest BCUT2D eigenvalue weighted by Gasteiger charge is 2.33. The van der Waals surface area contributed by atoms with Crippen molar-refractivity contribution in [3.05, 3.63) is 52.0 Å². The Hall–Kier alpha value is -2.61. The Kier molecular flexibility index (Phi) is 4.10. The summed E-state index contributed by atoms with van der Waals surface area (Å²) in [6.07, 6.45) is -2.93. The predicted molar refractivity (Wildman–Crippen MR) is 100 cm³/mol. The van der Waals surface area contributed by atoms with Gasteiger partial charge in [-0.3, -0.25) is 4.79 Å². The van der Waals surface area contributed by atoms with Crippen molar-refractivity contribution in [3.8, 4) is 0 Å². The van der Waals surface area contributed by atoms with Crippen molar-refractivity contribution in [2.45, 2.75) is 25.9 Å². The number of pyridine rings is 1. The van der Waals surface area contributed by atoms with Crippen LogP contribution in [0, 0.1) is 6.92 Å². The lowest BCUT2D eigenvalue weighted by molar-refractivity contribution is -0.140. The highest BCUT2D eigenvalue weighted by molar-refractivity contribution is 7.20. The molecule has 0 bridgehead atoms. The van der Waals surface area contributed by atoms with Crippen LogP contribution in [-0.2, 0) is 12.6 Å². The zero-order valence-corrected chi connectivity index (χ0v) is 15.2. The van der Waals surface area contributed by atoms with Crippen LogP contribution in [0.5, 0.6) is 0 Å². The van der Waals surface area contributed by atoms with E-state index < -0.39 is 11.9 Å². The number of nitrogens with two attached hydrogens (primary N) is 1. The topological polar surface area (TPSA) is 59.2 Å². The smallest absolute Gasteiger partial charge is 0.398 e. The van der Waals surface area contributed by atoms with Crippen LogP contribution in [0.25, 0.3) is 10.2 Å². The van der Waals surface area contributed by atoms with E-state index in [1.807, 2.05) is 6.07 Å². The Balaban J connectivity index is 1.78. The van der Waals surface area contributed by atoms with Gasteiger partial charge in [-0.25, -0.2) is 4.98 Å². The highest BCUT2D eigenvalue weighted by Crippen LogP contribution is 2.37. The molecule has 0 unspecified atom stereocenters. The largest absolute Gasteiger partial charge is 0.433 e. The number of carbonyl (C=O) groups is 1. The van der Waals surface area contributed by atoms with Gasteiger partial charge in [0.05, 0.1) is 4.88 Å². The van der Waals surface area contributed by atoms with E-state index in [9.17, 15) is 18.0 Å². The highest BCUT2D eigenvalue weighted by atomic mass is 32.1. The van der Waals surface area contributed by atoms with E-state index in [-0.39, 0.29) is 10.7 Å². The number of thiophene rings is 1. The van der Waals surface area contributed by atoms with Crippen molar-refractivity contribution in [2.75, 3.05) is 17.2 Å². The minimum absolute atomic E-state index is 0.218. The van der Waals surface area contributed by atoms with Crippen LogP contribution in [0.2, 0.25) is 0 Å². The van der Waals surface area contributed by atoms with Gasteiger partial charge in [0.1, 0.15) is 10.5 Å². The molecule has 0 fully saturated rings. The molecule has 0 saturated heterocycles. The molecular weight excluding hydrogens is 375 g/mol. The third-order valence-corrected chi connectivity index (χ3v) is 6.01. The maximum absolute atomic E-state index is 13.2. The SMILES string of the molecule is Cc1c(C(=O)N2CCCc3c(N)cccc32)sc2nc(C(F)(F)F)ccc12. The van der Waals surface area contributed by atoms with E-state index in [1.54, 1.807) is 24.0 Å². The first-order valence-electron chi connectivity index (χ1n) is 8.44. The maximum atomic E-state index is 13.2. The molecule has 0 spiro atoms. The molecule has 1 aromatic carbocycles. The number of hydrogen-bond donors (Lipinski definition) is 1. The van der Waals surface area contributed by atoms with E-state index in [0.29, 0.717) is 28.1 Å². The number of alkyl halides is 3. The minimum atomic E-state index is -4.51. The first kappa shape index (κ1) is 17.8. The molecule has 2 aromatic heterocycles. The van der Waals surface area contributed by atoms with Gasteiger partial charge in [-0.15, -0.1) is 11.3 Å². The van der Waals surface area contributed by atoms with Crippen molar-refractivity contribution in [3.63, 3.8) is 0 Å². The predicted octanol–water partition coefficient (Wildman–Crippen LogP) is 4.80. The van der Waals surface area contributed by atoms with Crippen molar-refractivity contribution < 1.29 is 18.0 Å². The molecule has 0 saturated carbocycles. The Morgan fingerprint density at radius 3 is 2.78 bits per heavy atom. The minimum Gasteiger partial charge on any atom is -0.398 e. The molecule has 3 heterocycles. The summed E-state index contributed by atoms with van der Waals surface area (Å²) in [4.78, 5) is 19.2. The van der Waals surface area contributed by atoms with E-state index in [4.69, 9.17) is 5.73 Å². The summed E-state index contributed by atoms with van der Waals surface area (Å²) in [6.45, 7) is 2.29. The zero-order valence-electron chi connectivity index (χ0n) is 14.4. The summed E-state index contributed by atoms with van der Waals surface area (Å²) in [5.41, 5.74) is 8.09. The van der Waals surface area contributed by atoms with Crippen molar-refractivity contribution in [1.82, 2.24) is 4.98 Å². The number of nitrogen functional groups attached to an aromatic ring is 1. The van der Waals surface area contributed by atoms with Gasteiger partial charge in [-0.05, 0) is 55.2 Å². The number of anilines is 2. The van der Waals surface area contributed by atoms with Crippen LogP contribution in [0.4, 0.5) is 24.5 Å². The maximum Gasteiger partial charge on any atom is 0.433 e. The quantitative estimate of drug-likeness (QED) is 0.606. The molecule has 0 radical (unpaired) electrons. The molecule has 140 valence electrons. The molecule has 0 aliphatic carbocycles. The van der Waals surface area contributed by atoms with Crippen LogP contribution in [0.1, 0.15) is 32.9 Å². The third kappa shape index (κ3) is 2.93. The van der Waals surface area contributed by atoms with E-state index in [1.165, 1.54) is 6.07 Å². The third-order valence-electron chi connectivity index (χ3n) is 4.82. The molecule has 3 aromatic rings. The molecule has 1 amide bonds. The average molecular weight is 391 g/mol. The first-order valence-corrected chi connectivity index (χ1v) is 9.25. The van der Waals surface area contributed by atoms with Crippen LogP contribution in [-0.4, -0.2) is 17.4 Å². The molecular formula is C19H16F3N3OS. The lowest BCUT2D eigenvalue weighted by Crippen LogP contribution is -2.35. The lowest BCUT2D eigenvalue weighted by atomic mass is 9.99. The second-order valence-corrected chi connectivity index (χ2v) is 7.51. The average Bonchev–Trinajstić information content (AvgIpc) is 2.97. The number of rotatable bonds is 1. The zero-order chi connectivity index (χ0) is 19.3. The first-order chi connectivity index (χ1) is 12.8. The summed E-state index contributed by atoms with van der Waals surface area (Å²) in [6, 6.07) is 7.79. The van der Waals surface area contributed by atoms with E-state index in [0.717, 1.165) is 41.5 Å². The standard InChI is InChI=1S/C19H16F3N3OS/c1-10-11-7-8-15(19(20,21)22)24-17(11)27-16(10)18(26)25-9-3-4-12-13(23)5-2-6-14(12)25/h2,5-8H,3-4,9,23H2,1H3. The van der Waals surface area contributed by atoms with Gasteiger partial charge in [0.2, 0.25) is 0 Å². The summed E-state index contributed by atoms with van der Waals surface area (Å²) < 4.78 is 38.8. The van der Waals surface area contributed by atoms with Gasteiger partial charge in [0.25, 0.3) is 5.91 Å². The molecule has 8 heteroatoms. The number of aromatic nitrogens is 1. The van der Waals surface area contributed by atoms with Crippen LogP contribution < -0.4 is 10.6 Å². The molecule has 4 nitrogen and oxygen atoms in total.